The van der Waals surface area contributed by atoms with Gasteiger partial charge in [-0.15, -0.1) is 0 Å². The van der Waals surface area contributed by atoms with Crippen molar-refractivity contribution in [2.24, 2.45) is 0 Å². The van der Waals surface area contributed by atoms with Crippen LogP contribution in [0.25, 0.3) is 0 Å². The van der Waals surface area contributed by atoms with Gasteiger partial charge in [0.1, 0.15) is 0 Å². The standard InChI is InChI=1S/C17H20BrN3O5S2/c1-19-27(23,24)16-5-3-4-13(10-16)11-20-17(22)12-21(2)28(25,26)15-8-6-14(18)7-9-15/h3-10,19H,11-12H2,1-2H3,(H,20,22). The molecule has 0 aliphatic rings. The summed E-state index contributed by atoms with van der Waals surface area (Å²) in [6.07, 6.45) is 0. The molecule has 0 aromatic heterocycles. The van der Waals surface area contributed by atoms with Crippen LogP contribution in [0.4, 0.5) is 0 Å². The molecule has 2 aromatic rings. The van der Waals surface area contributed by atoms with Gasteiger partial charge in [0.05, 0.1) is 16.3 Å². The summed E-state index contributed by atoms with van der Waals surface area (Å²) < 4.78 is 52.6. The summed E-state index contributed by atoms with van der Waals surface area (Å²) in [6.45, 7) is -0.301. The predicted octanol–water partition coefficient (Wildman–Crippen LogP) is 1.29. The third-order valence-electron chi connectivity index (χ3n) is 3.86. The van der Waals surface area contributed by atoms with Gasteiger partial charge in [0.25, 0.3) is 0 Å². The van der Waals surface area contributed by atoms with E-state index in [4.69, 9.17) is 0 Å². The van der Waals surface area contributed by atoms with Gasteiger partial charge in [-0.1, -0.05) is 28.1 Å². The van der Waals surface area contributed by atoms with Gasteiger partial charge in [0.15, 0.2) is 0 Å². The molecule has 8 nitrogen and oxygen atoms in total. The van der Waals surface area contributed by atoms with Crippen molar-refractivity contribution in [1.82, 2.24) is 14.3 Å². The largest absolute Gasteiger partial charge is 0.351 e. The summed E-state index contributed by atoms with van der Waals surface area (Å²) in [6, 6.07) is 12.2. The molecule has 0 bridgehead atoms. The van der Waals surface area contributed by atoms with E-state index in [1.54, 1.807) is 24.3 Å². The molecule has 0 aliphatic carbocycles. The van der Waals surface area contributed by atoms with Crippen molar-refractivity contribution in [3.8, 4) is 0 Å². The van der Waals surface area contributed by atoms with Crippen LogP contribution in [0.2, 0.25) is 0 Å². The summed E-state index contributed by atoms with van der Waals surface area (Å²) >= 11 is 3.24. The van der Waals surface area contributed by atoms with Crippen molar-refractivity contribution in [3.63, 3.8) is 0 Å². The number of benzene rings is 2. The van der Waals surface area contributed by atoms with Crippen molar-refractivity contribution in [2.45, 2.75) is 16.3 Å². The van der Waals surface area contributed by atoms with Crippen LogP contribution in [-0.4, -0.2) is 47.7 Å². The highest BCUT2D eigenvalue weighted by molar-refractivity contribution is 9.10. The predicted molar refractivity (Wildman–Crippen MR) is 108 cm³/mol. The Kier molecular flexibility index (Phi) is 7.34. The number of sulfonamides is 2. The van der Waals surface area contributed by atoms with E-state index in [1.165, 1.54) is 38.4 Å². The number of hydrogen-bond acceptors (Lipinski definition) is 5. The van der Waals surface area contributed by atoms with Crippen molar-refractivity contribution in [1.29, 1.82) is 0 Å². The lowest BCUT2D eigenvalue weighted by atomic mass is 10.2. The minimum absolute atomic E-state index is 0.0675. The molecule has 0 unspecified atom stereocenters. The van der Waals surface area contributed by atoms with E-state index in [2.05, 4.69) is 26.0 Å². The Morgan fingerprint density at radius 1 is 1.04 bits per heavy atom. The van der Waals surface area contributed by atoms with Crippen LogP contribution in [0, 0.1) is 0 Å². The second kappa shape index (κ2) is 9.14. The maximum Gasteiger partial charge on any atom is 0.243 e. The quantitative estimate of drug-likeness (QED) is 0.579. The highest BCUT2D eigenvalue weighted by Crippen LogP contribution is 2.17. The lowest BCUT2D eigenvalue weighted by Gasteiger charge is -2.17. The van der Waals surface area contributed by atoms with Gasteiger partial charge in [0, 0.05) is 18.1 Å². The molecule has 2 aromatic carbocycles. The zero-order valence-electron chi connectivity index (χ0n) is 15.2. The number of carbonyl (C=O) groups is 1. The van der Waals surface area contributed by atoms with E-state index >= 15 is 0 Å². The van der Waals surface area contributed by atoms with Gasteiger partial charge in [-0.3, -0.25) is 4.79 Å². The third-order valence-corrected chi connectivity index (χ3v) is 7.61. The molecule has 0 aliphatic heterocycles. The highest BCUT2D eigenvalue weighted by atomic mass is 79.9. The van der Waals surface area contributed by atoms with Gasteiger partial charge in [-0.2, -0.15) is 4.31 Å². The van der Waals surface area contributed by atoms with Gasteiger partial charge < -0.3 is 5.32 Å². The first-order chi connectivity index (χ1) is 13.1. The number of hydrogen-bond donors (Lipinski definition) is 2. The Hall–Kier alpha value is -1.79. The molecule has 152 valence electrons. The van der Waals surface area contributed by atoms with Gasteiger partial charge in [-0.25, -0.2) is 21.6 Å². The number of rotatable bonds is 8. The first kappa shape index (κ1) is 22.5. The summed E-state index contributed by atoms with van der Waals surface area (Å²) in [5.41, 5.74) is 0.572. The molecule has 0 spiro atoms. The van der Waals surface area contributed by atoms with Crippen molar-refractivity contribution >= 4 is 41.9 Å². The van der Waals surface area contributed by atoms with Crippen molar-refractivity contribution in [2.75, 3.05) is 20.6 Å². The molecule has 2 N–H and O–H groups in total. The van der Waals surface area contributed by atoms with Crippen LogP contribution in [0.1, 0.15) is 5.56 Å². The SMILES string of the molecule is CNS(=O)(=O)c1cccc(CNC(=O)CN(C)S(=O)(=O)c2ccc(Br)cc2)c1. The number of halogens is 1. The number of nitrogens with one attached hydrogen (secondary N) is 2. The molecule has 0 radical (unpaired) electrons. The Morgan fingerprint density at radius 2 is 1.68 bits per heavy atom. The van der Waals surface area contributed by atoms with Crippen LogP contribution >= 0.6 is 15.9 Å². The second-order valence-electron chi connectivity index (χ2n) is 5.85. The van der Waals surface area contributed by atoms with Crippen LogP contribution in [0.3, 0.4) is 0 Å². The fraction of sp³-hybridized carbons (Fsp3) is 0.235. The van der Waals surface area contributed by atoms with Crippen LogP contribution in [0.15, 0.2) is 62.8 Å². The molecule has 28 heavy (non-hydrogen) atoms. The summed E-state index contributed by atoms with van der Waals surface area (Å²) in [4.78, 5) is 12.3. The fourth-order valence-electron chi connectivity index (χ4n) is 2.27. The Bertz CT molecular complexity index is 1050. The first-order valence-corrected chi connectivity index (χ1v) is 11.8. The first-order valence-electron chi connectivity index (χ1n) is 8.07. The molecule has 0 saturated heterocycles. The number of amides is 1. The molecular weight excluding hydrogens is 470 g/mol. The molecule has 0 fully saturated rings. The Morgan fingerprint density at radius 3 is 2.29 bits per heavy atom. The average Bonchev–Trinajstić information content (AvgIpc) is 2.67. The minimum Gasteiger partial charge on any atom is -0.351 e. The normalized spacial score (nSPS) is 12.1. The smallest absolute Gasteiger partial charge is 0.243 e. The van der Waals surface area contributed by atoms with Crippen molar-refractivity contribution < 1.29 is 21.6 Å². The van der Waals surface area contributed by atoms with E-state index in [0.717, 1.165) is 8.78 Å². The zero-order valence-corrected chi connectivity index (χ0v) is 18.4. The van der Waals surface area contributed by atoms with Crippen LogP contribution in [-0.2, 0) is 31.4 Å². The topological polar surface area (TPSA) is 113 Å². The number of nitrogens with zero attached hydrogens (tertiary/aromatic N) is 1. The Balaban J connectivity index is 2.01. The van der Waals surface area contributed by atoms with Gasteiger partial charge in [0.2, 0.25) is 26.0 Å². The molecular formula is C17H20BrN3O5S2. The highest BCUT2D eigenvalue weighted by Gasteiger charge is 2.22. The van der Waals surface area contributed by atoms with Crippen LogP contribution < -0.4 is 10.0 Å². The minimum atomic E-state index is -3.80. The number of likely N-dealkylation sites (N-methyl/N-ethyl adjacent to an activating group) is 1. The molecule has 0 atom stereocenters. The van der Waals surface area contributed by atoms with E-state index < -0.39 is 26.0 Å². The lowest BCUT2D eigenvalue weighted by molar-refractivity contribution is -0.121. The van der Waals surface area contributed by atoms with E-state index in [-0.39, 0.29) is 22.9 Å². The molecule has 0 heterocycles. The molecule has 2 rings (SSSR count). The molecule has 0 saturated carbocycles. The summed E-state index contributed by atoms with van der Waals surface area (Å²) in [7, 11) is -4.76. The maximum atomic E-state index is 12.5. The summed E-state index contributed by atoms with van der Waals surface area (Å²) in [5.74, 6) is -0.509. The monoisotopic (exact) mass is 489 g/mol. The third kappa shape index (κ3) is 5.61. The van der Waals surface area contributed by atoms with Crippen LogP contribution in [0.5, 0.6) is 0 Å². The molecule has 11 heteroatoms. The van der Waals surface area contributed by atoms with Crippen molar-refractivity contribution in [3.05, 3.63) is 58.6 Å². The van der Waals surface area contributed by atoms with Gasteiger partial charge in [-0.05, 0) is 49.0 Å². The van der Waals surface area contributed by atoms with E-state index in [0.29, 0.717) is 5.56 Å². The number of carbonyl (C=O) groups excluding carboxylic acids is 1. The zero-order chi connectivity index (χ0) is 20.9. The lowest BCUT2D eigenvalue weighted by Crippen LogP contribution is -2.38. The maximum absolute atomic E-state index is 12.5. The second-order valence-corrected chi connectivity index (χ2v) is 10.7. The fourth-order valence-corrected chi connectivity index (χ4v) is 4.46. The van der Waals surface area contributed by atoms with E-state index in [9.17, 15) is 21.6 Å². The summed E-state index contributed by atoms with van der Waals surface area (Å²) in [5, 5.41) is 2.59. The Labute approximate surface area is 173 Å². The van der Waals surface area contributed by atoms with E-state index in [1.807, 2.05) is 0 Å². The average molecular weight is 490 g/mol. The van der Waals surface area contributed by atoms with Gasteiger partial charge >= 0.3 is 0 Å². The molecule has 1 amide bonds.